The van der Waals surface area contributed by atoms with Crippen LogP contribution >= 0.6 is 0 Å². The molecule has 2 N–H and O–H groups in total. The van der Waals surface area contributed by atoms with Crippen molar-refractivity contribution in [3.05, 3.63) is 17.5 Å². The number of aromatic nitrogens is 2. The summed E-state index contributed by atoms with van der Waals surface area (Å²) in [4.78, 5) is 14.7. The molecule has 24 heavy (non-hydrogen) atoms. The second-order valence-corrected chi connectivity index (χ2v) is 7.77. The van der Waals surface area contributed by atoms with Gasteiger partial charge in [0.25, 0.3) is 5.91 Å². The molecule has 1 saturated heterocycles. The lowest BCUT2D eigenvalue weighted by Crippen LogP contribution is -2.33. The van der Waals surface area contributed by atoms with E-state index in [1.807, 2.05) is 13.1 Å². The van der Waals surface area contributed by atoms with Gasteiger partial charge in [-0.15, -0.1) is 0 Å². The topological polar surface area (TPSA) is 70.4 Å². The van der Waals surface area contributed by atoms with Crippen LogP contribution in [0, 0.1) is 0 Å². The van der Waals surface area contributed by atoms with Crippen molar-refractivity contribution in [1.82, 2.24) is 20.0 Å². The summed E-state index contributed by atoms with van der Waals surface area (Å²) >= 11 is 0. The Hall–Kier alpha value is -1.40. The zero-order chi connectivity index (χ0) is 17.7. The van der Waals surface area contributed by atoms with Crippen molar-refractivity contribution in [3.63, 3.8) is 0 Å². The number of unbranched alkanes of at least 4 members (excludes halogenated alkanes) is 1. The minimum absolute atomic E-state index is 0.0603. The van der Waals surface area contributed by atoms with Gasteiger partial charge in [-0.3, -0.25) is 14.4 Å². The van der Waals surface area contributed by atoms with E-state index in [4.69, 9.17) is 0 Å². The summed E-state index contributed by atoms with van der Waals surface area (Å²) in [6.07, 6.45) is 4.27. The molecule has 0 saturated carbocycles. The Labute approximate surface area is 145 Å². The van der Waals surface area contributed by atoms with Crippen LogP contribution in [0.3, 0.4) is 0 Å². The van der Waals surface area contributed by atoms with E-state index in [9.17, 15) is 9.90 Å². The second-order valence-electron chi connectivity index (χ2n) is 7.77. The number of rotatable bonds is 7. The fourth-order valence-corrected chi connectivity index (χ4v) is 3.17. The highest BCUT2D eigenvalue weighted by Crippen LogP contribution is 2.21. The van der Waals surface area contributed by atoms with E-state index in [1.54, 1.807) is 4.68 Å². The number of aliphatic hydroxyl groups is 1. The number of nitrogens with one attached hydrogen (secondary N) is 1. The van der Waals surface area contributed by atoms with Gasteiger partial charge in [0.2, 0.25) is 0 Å². The van der Waals surface area contributed by atoms with Gasteiger partial charge >= 0.3 is 0 Å². The quantitative estimate of drug-likeness (QED) is 0.743. The first-order chi connectivity index (χ1) is 11.3. The molecule has 1 unspecified atom stereocenters. The van der Waals surface area contributed by atoms with Crippen molar-refractivity contribution in [3.8, 4) is 0 Å². The predicted octanol–water partition coefficient (Wildman–Crippen LogP) is 1.68. The SMILES string of the molecule is Cn1nc(C(C)(C)C)cc1C(=O)NCCCCN1CCCC1CO. The third-order valence-corrected chi connectivity index (χ3v) is 4.75. The van der Waals surface area contributed by atoms with Crippen molar-refractivity contribution >= 4 is 5.91 Å². The second kappa shape index (κ2) is 8.12. The van der Waals surface area contributed by atoms with Crippen molar-refractivity contribution in [2.75, 3.05) is 26.2 Å². The molecule has 0 radical (unpaired) electrons. The Balaban J connectivity index is 1.73. The van der Waals surface area contributed by atoms with E-state index >= 15 is 0 Å². The van der Waals surface area contributed by atoms with Crippen molar-refractivity contribution in [2.24, 2.45) is 7.05 Å². The molecule has 2 heterocycles. The molecule has 2 rings (SSSR count). The maximum Gasteiger partial charge on any atom is 0.269 e. The van der Waals surface area contributed by atoms with Crippen LogP contribution in [-0.4, -0.2) is 58.0 Å². The highest BCUT2D eigenvalue weighted by molar-refractivity contribution is 5.92. The summed E-state index contributed by atoms with van der Waals surface area (Å²) in [5, 5.41) is 16.7. The normalized spacial score (nSPS) is 19.0. The van der Waals surface area contributed by atoms with Gasteiger partial charge in [0, 0.05) is 25.0 Å². The third-order valence-electron chi connectivity index (χ3n) is 4.75. The summed E-state index contributed by atoms with van der Waals surface area (Å²) in [7, 11) is 1.81. The number of amides is 1. The Morgan fingerprint density at radius 2 is 2.17 bits per heavy atom. The molecule has 0 aliphatic carbocycles. The number of nitrogens with zero attached hydrogens (tertiary/aromatic N) is 3. The number of aliphatic hydroxyl groups excluding tert-OH is 1. The fraction of sp³-hybridized carbons (Fsp3) is 0.778. The smallest absolute Gasteiger partial charge is 0.269 e. The summed E-state index contributed by atoms with van der Waals surface area (Å²) in [6, 6.07) is 2.22. The molecule has 136 valence electrons. The van der Waals surface area contributed by atoms with E-state index in [1.165, 1.54) is 6.42 Å². The molecule has 0 spiro atoms. The molecular weight excluding hydrogens is 304 g/mol. The van der Waals surface area contributed by atoms with Gasteiger partial charge in [0.05, 0.1) is 12.3 Å². The first-order valence-corrected chi connectivity index (χ1v) is 9.00. The van der Waals surface area contributed by atoms with Crippen LogP contribution in [0.25, 0.3) is 0 Å². The molecule has 1 aliphatic rings. The minimum atomic E-state index is -0.0603. The van der Waals surface area contributed by atoms with Crippen LogP contribution in [0.5, 0.6) is 0 Å². The highest BCUT2D eigenvalue weighted by Gasteiger charge is 2.23. The van der Waals surface area contributed by atoms with E-state index in [0.717, 1.165) is 38.0 Å². The van der Waals surface area contributed by atoms with E-state index in [-0.39, 0.29) is 17.9 Å². The monoisotopic (exact) mass is 336 g/mol. The van der Waals surface area contributed by atoms with E-state index < -0.39 is 0 Å². The Bertz CT molecular complexity index is 548. The Morgan fingerprint density at radius 3 is 2.79 bits per heavy atom. The van der Waals surface area contributed by atoms with Crippen molar-refractivity contribution in [2.45, 2.75) is 57.9 Å². The summed E-state index contributed by atoms with van der Waals surface area (Å²) in [5.41, 5.74) is 1.48. The van der Waals surface area contributed by atoms with Gasteiger partial charge in [-0.1, -0.05) is 20.8 Å². The van der Waals surface area contributed by atoms with Gasteiger partial charge in [-0.05, 0) is 44.8 Å². The van der Waals surface area contributed by atoms with Crippen LogP contribution in [0.2, 0.25) is 0 Å². The molecule has 1 fully saturated rings. The zero-order valence-electron chi connectivity index (χ0n) is 15.5. The number of hydrogen-bond donors (Lipinski definition) is 2. The highest BCUT2D eigenvalue weighted by atomic mass is 16.3. The predicted molar refractivity (Wildman–Crippen MR) is 95.2 cm³/mol. The fourth-order valence-electron chi connectivity index (χ4n) is 3.17. The number of aryl methyl sites for hydroxylation is 1. The summed E-state index contributed by atoms with van der Waals surface area (Å²) in [6.45, 7) is 9.29. The Morgan fingerprint density at radius 1 is 1.42 bits per heavy atom. The number of likely N-dealkylation sites (tertiary alicyclic amines) is 1. The van der Waals surface area contributed by atoms with Gasteiger partial charge in [0.1, 0.15) is 5.69 Å². The maximum atomic E-state index is 12.3. The molecule has 0 aromatic carbocycles. The van der Waals surface area contributed by atoms with Crippen LogP contribution < -0.4 is 5.32 Å². The zero-order valence-corrected chi connectivity index (χ0v) is 15.5. The molecule has 1 aliphatic heterocycles. The molecule has 6 heteroatoms. The average molecular weight is 336 g/mol. The molecule has 1 aromatic heterocycles. The minimum Gasteiger partial charge on any atom is -0.395 e. The standard InChI is InChI=1S/C18H32N4O2/c1-18(2,3)16-12-15(21(4)20-16)17(24)19-9-5-6-10-22-11-7-8-14(22)13-23/h12,14,23H,5-11,13H2,1-4H3,(H,19,24). The lowest BCUT2D eigenvalue weighted by atomic mass is 9.92. The first-order valence-electron chi connectivity index (χ1n) is 9.00. The van der Waals surface area contributed by atoms with E-state index in [0.29, 0.717) is 18.3 Å². The lowest BCUT2D eigenvalue weighted by molar-refractivity contribution is 0.0942. The maximum absolute atomic E-state index is 12.3. The third kappa shape index (κ3) is 4.80. The largest absolute Gasteiger partial charge is 0.395 e. The van der Waals surface area contributed by atoms with Crippen molar-refractivity contribution in [1.29, 1.82) is 0 Å². The van der Waals surface area contributed by atoms with Gasteiger partial charge < -0.3 is 10.4 Å². The molecule has 1 atom stereocenters. The average Bonchev–Trinajstić information content (AvgIpc) is 3.12. The number of carbonyl (C=O) groups excluding carboxylic acids is 1. The first kappa shape index (κ1) is 18.9. The van der Waals surface area contributed by atoms with Gasteiger partial charge in [-0.25, -0.2) is 0 Å². The molecule has 0 bridgehead atoms. The number of carbonyl (C=O) groups is 1. The summed E-state index contributed by atoms with van der Waals surface area (Å²) < 4.78 is 1.66. The van der Waals surface area contributed by atoms with Crippen molar-refractivity contribution < 1.29 is 9.90 Å². The molecular formula is C18H32N4O2. The Kier molecular flexibility index (Phi) is 6.40. The van der Waals surface area contributed by atoms with Gasteiger partial charge in [0.15, 0.2) is 0 Å². The number of hydrogen-bond acceptors (Lipinski definition) is 4. The van der Waals surface area contributed by atoms with Gasteiger partial charge in [-0.2, -0.15) is 5.10 Å². The van der Waals surface area contributed by atoms with Crippen LogP contribution in [0.4, 0.5) is 0 Å². The lowest BCUT2D eigenvalue weighted by Gasteiger charge is -2.22. The molecule has 1 amide bonds. The van der Waals surface area contributed by atoms with Crippen LogP contribution in [0.15, 0.2) is 6.07 Å². The molecule has 1 aromatic rings. The van der Waals surface area contributed by atoms with Crippen LogP contribution in [0.1, 0.15) is 62.6 Å². The molecule has 6 nitrogen and oxygen atoms in total. The van der Waals surface area contributed by atoms with E-state index in [2.05, 4.69) is 36.1 Å². The van der Waals surface area contributed by atoms with Crippen LogP contribution in [-0.2, 0) is 12.5 Å². The summed E-state index contributed by atoms with van der Waals surface area (Å²) in [5.74, 6) is -0.0603.